The molecule has 0 unspecified atom stereocenters. The number of carbonyl (C=O) groups is 2. The van der Waals surface area contributed by atoms with Crippen LogP contribution in [0.25, 0.3) is 10.2 Å². The molecule has 0 aliphatic rings. The van der Waals surface area contributed by atoms with Gasteiger partial charge in [0.05, 0.1) is 39.5 Å². The van der Waals surface area contributed by atoms with Crippen molar-refractivity contribution in [1.29, 1.82) is 0 Å². The Labute approximate surface area is 204 Å². The topological polar surface area (TPSA) is 147 Å². The number of fused-ring (bicyclic) bond motifs is 1. The van der Waals surface area contributed by atoms with E-state index in [-0.39, 0.29) is 47.1 Å². The maximum absolute atomic E-state index is 12.5. The molecule has 0 saturated carbocycles. The molecule has 1 aromatic heterocycles. The van der Waals surface area contributed by atoms with E-state index < -0.39 is 26.6 Å². The number of nitro groups is 1. The van der Waals surface area contributed by atoms with Crippen molar-refractivity contribution in [2.75, 3.05) is 19.5 Å². The predicted molar refractivity (Wildman–Crippen MR) is 128 cm³/mol. The molecule has 1 heterocycles. The molecule has 3 rings (SSSR count). The van der Waals surface area contributed by atoms with Gasteiger partial charge >= 0.3 is 5.97 Å². The van der Waals surface area contributed by atoms with Gasteiger partial charge in [0.1, 0.15) is 12.3 Å². The molecule has 0 saturated heterocycles. The van der Waals surface area contributed by atoms with Crippen LogP contribution in [0, 0.1) is 10.1 Å². The molecule has 11 nitrogen and oxygen atoms in total. The minimum absolute atomic E-state index is 0.0466. The monoisotopic (exact) mass is 521 g/mol. The van der Waals surface area contributed by atoms with Gasteiger partial charge in [0.25, 0.3) is 5.69 Å². The minimum Gasteiger partial charge on any atom is -0.497 e. The summed E-state index contributed by atoms with van der Waals surface area (Å²) in [6.07, 6.45) is -0.0892. The van der Waals surface area contributed by atoms with Crippen molar-refractivity contribution in [1.82, 2.24) is 4.57 Å². The normalized spacial score (nSPS) is 12.0. The molecule has 0 aliphatic heterocycles. The third kappa shape index (κ3) is 6.51. The molecule has 13 heteroatoms. The molecular weight excluding hydrogens is 498 g/mol. The van der Waals surface area contributed by atoms with Gasteiger partial charge in [-0.15, -0.1) is 0 Å². The fourth-order valence-electron chi connectivity index (χ4n) is 3.23. The second-order valence-corrected chi connectivity index (χ2v) is 10.4. The fourth-order valence-corrected chi connectivity index (χ4v) is 5.62. The SMILES string of the molecule is CCOC(=O)Cn1c(=NC(=O)CCCS(=O)(=O)c2ccc(OC)cc2)sc2cc([N+](=O)[O-])ccc21. The molecule has 0 aliphatic carbocycles. The van der Waals surface area contributed by atoms with Crippen LogP contribution in [0.1, 0.15) is 19.8 Å². The summed E-state index contributed by atoms with van der Waals surface area (Å²) < 4.78 is 37.0. The van der Waals surface area contributed by atoms with E-state index in [2.05, 4.69) is 4.99 Å². The Balaban J connectivity index is 1.80. The Hall–Kier alpha value is -3.58. The Kier molecular flexibility index (Phi) is 8.35. The number of esters is 1. The van der Waals surface area contributed by atoms with E-state index in [0.717, 1.165) is 11.3 Å². The van der Waals surface area contributed by atoms with Crippen LogP contribution in [0.2, 0.25) is 0 Å². The average Bonchev–Trinajstić information content (AvgIpc) is 3.14. The van der Waals surface area contributed by atoms with Gasteiger partial charge < -0.3 is 14.0 Å². The first-order valence-electron chi connectivity index (χ1n) is 10.5. The van der Waals surface area contributed by atoms with E-state index >= 15 is 0 Å². The number of methoxy groups -OCH3 is 1. The smallest absolute Gasteiger partial charge is 0.326 e. The van der Waals surface area contributed by atoms with Gasteiger partial charge in [-0.25, -0.2) is 8.42 Å². The van der Waals surface area contributed by atoms with Gasteiger partial charge in [0.15, 0.2) is 14.6 Å². The summed E-state index contributed by atoms with van der Waals surface area (Å²) in [7, 11) is -2.12. The van der Waals surface area contributed by atoms with Gasteiger partial charge in [0.2, 0.25) is 5.91 Å². The molecule has 3 aromatic rings. The van der Waals surface area contributed by atoms with E-state index in [1.165, 1.54) is 42.0 Å². The lowest BCUT2D eigenvalue weighted by Crippen LogP contribution is -2.23. The highest BCUT2D eigenvalue weighted by Crippen LogP contribution is 2.23. The summed E-state index contributed by atoms with van der Waals surface area (Å²) in [6.45, 7) is 1.59. The number of nitro benzene ring substituents is 1. The first-order chi connectivity index (χ1) is 16.6. The van der Waals surface area contributed by atoms with Crippen LogP contribution >= 0.6 is 11.3 Å². The van der Waals surface area contributed by atoms with Gasteiger partial charge in [-0.1, -0.05) is 11.3 Å². The van der Waals surface area contributed by atoms with Crippen molar-refractivity contribution in [3.05, 3.63) is 57.4 Å². The highest BCUT2D eigenvalue weighted by atomic mass is 32.2. The Morgan fingerprint density at radius 1 is 1.17 bits per heavy atom. The van der Waals surface area contributed by atoms with Crippen LogP contribution in [-0.2, 0) is 30.7 Å². The summed E-state index contributed by atoms with van der Waals surface area (Å²) in [6, 6.07) is 10.1. The zero-order valence-electron chi connectivity index (χ0n) is 19.0. The maximum Gasteiger partial charge on any atom is 0.326 e. The number of amides is 1. The maximum atomic E-state index is 12.5. The van der Waals surface area contributed by atoms with Crippen LogP contribution in [0.5, 0.6) is 5.75 Å². The van der Waals surface area contributed by atoms with Crippen LogP contribution in [0.4, 0.5) is 5.69 Å². The third-order valence-corrected chi connectivity index (χ3v) is 7.77. The quantitative estimate of drug-likeness (QED) is 0.225. The number of benzene rings is 2. The summed E-state index contributed by atoms with van der Waals surface area (Å²) in [5.41, 5.74) is 0.353. The predicted octanol–water partition coefficient (Wildman–Crippen LogP) is 2.86. The zero-order valence-corrected chi connectivity index (χ0v) is 20.6. The highest BCUT2D eigenvalue weighted by molar-refractivity contribution is 7.91. The van der Waals surface area contributed by atoms with Crippen molar-refractivity contribution < 1.29 is 32.4 Å². The Bertz CT molecular complexity index is 1420. The zero-order chi connectivity index (χ0) is 25.6. The third-order valence-electron chi connectivity index (χ3n) is 4.91. The average molecular weight is 522 g/mol. The summed E-state index contributed by atoms with van der Waals surface area (Å²) in [4.78, 5) is 39.5. The van der Waals surface area contributed by atoms with Crippen LogP contribution in [0.15, 0.2) is 52.4 Å². The van der Waals surface area contributed by atoms with E-state index in [4.69, 9.17) is 9.47 Å². The van der Waals surface area contributed by atoms with E-state index in [9.17, 15) is 28.1 Å². The molecule has 0 spiro atoms. The van der Waals surface area contributed by atoms with Crippen LogP contribution in [0.3, 0.4) is 0 Å². The number of hydrogen-bond acceptors (Lipinski definition) is 9. The number of ether oxygens (including phenoxy) is 2. The van der Waals surface area contributed by atoms with Gasteiger partial charge in [-0.2, -0.15) is 4.99 Å². The van der Waals surface area contributed by atoms with Gasteiger partial charge in [0, 0.05) is 18.6 Å². The molecule has 0 N–H and O–H groups in total. The first kappa shape index (κ1) is 26.0. The van der Waals surface area contributed by atoms with Crippen LogP contribution < -0.4 is 9.54 Å². The Morgan fingerprint density at radius 2 is 1.89 bits per heavy atom. The van der Waals surface area contributed by atoms with Crippen molar-refractivity contribution in [3.63, 3.8) is 0 Å². The molecule has 0 fully saturated rings. The summed E-state index contributed by atoms with van der Waals surface area (Å²) >= 11 is 1.02. The second-order valence-electron chi connectivity index (χ2n) is 7.29. The van der Waals surface area contributed by atoms with Crippen molar-refractivity contribution >= 4 is 49.0 Å². The molecule has 35 heavy (non-hydrogen) atoms. The molecule has 186 valence electrons. The lowest BCUT2D eigenvalue weighted by molar-refractivity contribution is -0.384. The fraction of sp³-hybridized carbons (Fsp3) is 0.318. The lowest BCUT2D eigenvalue weighted by atomic mass is 10.3. The molecule has 0 bridgehead atoms. The van der Waals surface area contributed by atoms with Crippen molar-refractivity contribution in [2.45, 2.75) is 31.2 Å². The number of hydrogen-bond donors (Lipinski definition) is 0. The van der Waals surface area contributed by atoms with Gasteiger partial charge in [-0.3, -0.25) is 19.7 Å². The van der Waals surface area contributed by atoms with E-state index in [0.29, 0.717) is 16.0 Å². The standard InChI is InChI=1S/C22H23N3O8S2/c1-3-33-21(27)14-24-18-11-6-15(25(28)29)13-19(18)34-22(24)23-20(26)5-4-12-35(30,31)17-9-7-16(32-2)8-10-17/h6-11,13H,3-5,12,14H2,1-2H3. The number of carbonyl (C=O) groups excluding carboxylic acids is 2. The van der Waals surface area contributed by atoms with Gasteiger partial charge in [-0.05, 0) is 43.7 Å². The first-order valence-corrected chi connectivity index (χ1v) is 13.0. The number of sulfone groups is 1. The number of rotatable bonds is 10. The second kappa shape index (κ2) is 11.2. The van der Waals surface area contributed by atoms with Crippen molar-refractivity contribution in [3.8, 4) is 5.75 Å². The molecule has 1 amide bonds. The lowest BCUT2D eigenvalue weighted by Gasteiger charge is -2.06. The van der Waals surface area contributed by atoms with E-state index in [1.807, 2.05) is 0 Å². The molecule has 2 aromatic carbocycles. The molecule has 0 radical (unpaired) electrons. The Morgan fingerprint density at radius 3 is 2.51 bits per heavy atom. The minimum atomic E-state index is -3.59. The number of aromatic nitrogens is 1. The largest absolute Gasteiger partial charge is 0.497 e. The summed E-state index contributed by atoms with van der Waals surface area (Å²) in [5, 5.41) is 11.1. The molecular formula is C22H23N3O8S2. The molecule has 0 atom stereocenters. The van der Waals surface area contributed by atoms with Crippen LogP contribution in [-0.4, -0.2) is 49.3 Å². The number of non-ortho nitro benzene ring substituents is 1. The van der Waals surface area contributed by atoms with E-state index in [1.54, 1.807) is 19.1 Å². The highest BCUT2D eigenvalue weighted by Gasteiger charge is 2.17. The number of nitrogens with zero attached hydrogens (tertiary/aromatic N) is 3. The van der Waals surface area contributed by atoms with Crippen molar-refractivity contribution in [2.24, 2.45) is 4.99 Å². The number of thiazole rings is 1. The summed E-state index contributed by atoms with van der Waals surface area (Å²) in [5.74, 6) is -0.844.